The average Bonchev–Trinajstić information content (AvgIpc) is 2.47. The summed E-state index contributed by atoms with van der Waals surface area (Å²) in [7, 11) is 2.04. The van der Waals surface area contributed by atoms with E-state index in [0.717, 1.165) is 25.9 Å². The van der Waals surface area contributed by atoms with Crippen LogP contribution in [0.2, 0.25) is 0 Å². The molecule has 1 saturated heterocycles. The van der Waals surface area contributed by atoms with Crippen molar-refractivity contribution in [1.82, 2.24) is 15.5 Å². The van der Waals surface area contributed by atoms with Gasteiger partial charge in [-0.1, -0.05) is 12.1 Å². The van der Waals surface area contributed by atoms with Gasteiger partial charge in [0.25, 0.3) is 0 Å². The fraction of sp³-hybridized carbons (Fsp3) is 0.533. The van der Waals surface area contributed by atoms with Crippen molar-refractivity contribution in [2.45, 2.75) is 31.8 Å². The SMILES string of the molecule is CN1CCC(NC(=O)NCc2ccc(OC(F)(F)F)cc2)CC1. The summed E-state index contributed by atoms with van der Waals surface area (Å²) < 4.78 is 39.9. The van der Waals surface area contributed by atoms with E-state index in [1.807, 2.05) is 7.05 Å². The number of ether oxygens (including phenoxy) is 1. The van der Waals surface area contributed by atoms with Crippen LogP contribution >= 0.6 is 0 Å². The summed E-state index contributed by atoms with van der Waals surface area (Å²) in [5.74, 6) is -0.281. The third-order valence-corrected chi connectivity index (χ3v) is 3.66. The van der Waals surface area contributed by atoms with Crippen LogP contribution in [0, 0.1) is 0 Å². The zero-order valence-corrected chi connectivity index (χ0v) is 12.8. The maximum Gasteiger partial charge on any atom is 0.573 e. The van der Waals surface area contributed by atoms with E-state index >= 15 is 0 Å². The van der Waals surface area contributed by atoms with Crippen molar-refractivity contribution in [3.63, 3.8) is 0 Å². The van der Waals surface area contributed by atoms with Gasteiger partial charge in [0.05, 0.1) is 0 Å². The molecule has 1 aliphatic heterocycles. The first-order valence-corrected chi connectivity index (χ1v) is 7.39. The highest BCUT2D eigenvalue weighted by Crippen LogP contribution is 2.22. The smallest absolute Gasteiger partial charge is 0.406 e. The molecule has 0 bridgehead atoms. The number of halogens is 3. The predicted octanol–water partition coefficient (Wildman–Crippen LogP) is 2.48. The van der Waals surface area contributed by atoms with Crippen LogP contribution in [0.3, 0.4) is 0 Å². The summed E-state index contributed by atoms with van der Waals surface area (Å²) >= 11 is 0. The Balaban J connectivity index is 1.73. The summed E-state index contributed by atoms with van der Waals surface area (Å²) in [6.07, 6.45) is -2.88. The van der Waals surface area contributed by atoms with Crippen molar-refractivity contribution in [3.8, 4) is 5.75 Å². The molecule has 0 radical (unpaired) electrons. The lowest BCUT2D eigenvalue weighted by Gasteiger charge is -2.29. The second-order valence-corrected chi connectivity index (χ2v) is 5.60. The molecular weight excluding hydrogens is 311 g/mol. The lowest BCUT2D eigenvalue weighted by atomic mass is 10.1. The molecule has 0 aromatic heterocycles. The molecule has 1 aromatic rings. The maximum atomic E-state index is 12.1. The second kappa shape index (κ2) is 7.54. The molecule has 1 heterocycles. The lowest BCUT2D eigenvalue weighted by molar-refractivity contribution is -0.274. The zero-order valence-electron chi connectivity index (χ0n) is 12.8. The summed E-state index contributed by atoms with van der Waals surface area (Å²) in [6.45, 7) is 2.14. The Morgan fingerprint density at radius 2 is 1.87 bits per heavy atom. The monoisotopic (exact) mass is 331 g/mol. The number of alkyl halides is 3. The van der Waals surface area contributed by atoms with Gasteiger partial charge in [-0.25, -0.2) is 4.79 Å². The molecule has 23 heavy (non-hydrogen) atoms. The van der Waals surface area contributed by atoms with Crippen molar-refractivity contribution < 1.29 is 22.7 Å². The minimum absolute atomic E-state index is 0.161. The molecule has 1 aromatic carbocycles. The molecule has 2 N–H and O–H groups in total. The lowest BCUT2D eigenvalue weighted by Crippen LogP contribution is -2.46. The van der Waals surface area contributed by atoms with Gasteiger partial charge < -0.3 is 20.3 Å². The topological polar surface area (TPSA) is 53.6 Å². The summed E-state index contributed by atoms with van der Waals surface area (Å²) in [4.78, 5) is 14.0. The van der Waals surface area contributed by atoms with Gasteiger partial charge in [-0.2, -0.15) is 0 Å². The molecule has 0 atom stereocenters. The van der Waals surface area contributed by atoms with Gasteiger partial charge in [0.15, 0.2) is 0 Å². The number of carbonyl (C=O) groups excluding carboxylic acids is 1. The van der Waals surface area contributed by atoms with Crippen LogP contribution in [0.4, 0.5) is 18.0 Å². The Morgan fingerprint density at radius 3 is 2.43 bits per heavy atom. The molecular formula is C15H20F3N3O2. The van der Waals surface area contributed by atoms with E-state index in [1.165, 1.54) is 24.3 Å². The van der Waals surface area contributed by atoms with Crippen LogP contribution in [0.25, 0.3) is 0 Å². The first kappa shape index (κ1) is 17.4. The highest BCUT2D eigenvalue weighted by atomic mass is 19.4. The molecule has 2 amide bonds. The average molecular weight is 331 g/mol. The van der Waals surface area contributed by atoms with Gasteiger partial charge in [-0.15, -0.1) is 13.2 Å². The molecule has 0 saturated carbocycles. The molecule has 0 unspecified atom stereocenters. The van der Waals surface area contributed by atoms with Crippen LogP contribution in [0.15, 0.2) is 24.3 Å². The number of likely N-dealkylation sites (tertiary alicyclic amines) is 1. The van der Waals surface area contributed by atoms with Crippen LogP contribution in [0.1, 0.15) is 18.4 Å². The number of urea groups is 1. The fourth-order valence-electron chi connectivity index (χ4n) is 2.38. The number of benzene rings is 1. The molecule has 8 heteroatoms. The van der Waals surface area contributed by atoms with E-state index in [4.69, 9.17) is 0 Å². The Hall–Kier alpha value is -1.96. The largest absolute Gasteiger partial charge is 0.573 e. The third-order valence-electron chi connectivity index (χ3n) is 3.66. The molecule has 1 aliphatic rings. The normalized spacial score (nSPS) is 16.9. The summed E-state index contributed by atoms with van der Waals surface area (Å²) in [6, 6.07) is 5.30. The van der Waals surface area contributed by atoms with Gasteiger partial charge in [-0.3, -0.25) is 0 Å². The van der Waals surface area contributed by atoms with E-state index in [9.17, 15) is 18.0 Å². The highest BCUT2D eigenvalue weighted by molar-refractivity contribution is 5.74. The minimum Gasteiger partial charge on any atom is -0.406 e. The van der Waals surface area contributed by atoms with Gasteiger partial charge in [0, 0.05) is 12.6 Å². The predicted molar refractivity (Wildman–Crippen MR) is 79.0 cm³/mol. The Labute approximate surface area is 132 Å². The van der Waals surface area contributed by atoms with Gasteiger partial charge in [0.1, 0.15) is 5.75 Å². The number of amides is 2. The van der Waals surface area contributed by atoms with Crippen molar-refractivity contribution in [2.24, 2.45) is 0 Å². The van der Waals surface area contributed by atoms with E-state index in [0.29, 0.717) is 5.56 Å². The van der Waals surface area contributed by atoms with Crippen LogP contribution in [-0.2, 0) is 6.54 Å². The first-order chi connectivity index (χ1) is 10.8. The van der Waals surface area contributed by atoms with E-state index in [2.05, 4.69) is 20.3 Å². The number of hydrogen-bond donors (Lipinski definition) is 2. The second-order valence-electron chi connectivity index (χ2n) is 5.60. The van der Waals surface area contributed by atoms with Crippen molar-refractivity contribution in [2.75, 3.05) is 20.1 Å². The first-order valence-electron chi connectivity index (χ1n) is 7.39. The van der Waals surface area contributed by atoms with Crippen LogP contribution < -0.4 is 15.4 Å². The number of carbonyl (C=O) groups is 1. The van der Waals surface area contributed by atoms with Crippen molar-refractivity contribution in [3.05, 3.63) is 29.8 Å². The molecule has 128 valence electrons. The Morgan fingerprint density at radius 1 is 1.26 bits per heavy atom. The number of nitrogens with zero attached hydrogens (tertiary/aromatic N) is 1. The standard InChI is InChI=1S/C15H20F3N3O2/c1-21-8-6-12(7-9-21)20-14(22)19-10-11-2-4-13(5-3-11)23-15(16,17)18/h2-5,12H,6-10H2,1H3,(H2,19,20,22). The van der Waals surface area contributed by atoms with E-state index in [-0.39, 0.29) is 24.4 Å². The van der Waals surface area contributed by atoms with Crippen LogP contribution in [-0.4, -0.2) is 43.5 Å². The summed E-state index contributed by atoms with van der Waals surface area (Å²) in [5.41, 5.74) is 0.693. The number of hydrogen-bond acceptors (Lipinski definition) is 3. The van der Waals surface area contributed by atoms with Crippen molar-refractivity contribution >= 4 is 6.03 Å². The fourth-order valence-corrected chi connectivity index (χ4v) is 2.38. The maximum absolute atomic E-state index is 12.1. The molecule has 5 nitrogen and oxygen atoms in total. The quantitative estimate of drug-likeness (QED) is 0.891. The van der Waals surface area contributed by atoms with E-state index in [1.54, 1.807) is 0 Å². The Bertz CT molecular complexity index is 512. The number of piperidine rings is 1. The van der Waals surface area contributed by atoms with Gasteiger partial charge >= 0.3 is 12.4 Å². The van der Waals surface area contributed by atoms with Gasteiger partial charge in [0.2, 0.25) is 0 Å². The molecule has 0 spiro atoms. The van der Waals surface area contributed by atoms with Crippen molar-refractivity contribution in [1.29, 1.82) is 0 Å². The van der Waals surface area contributed by atoms with Crippen LogP contribution in [0.5, 0.6) is 5.75 Å². The summed E-state index contributed by atoms with van der Waals surface area (Å²) in [5, 5.41) is 5.60. The number of nitrogens with one attached hydrogen (secondary N) is 2. The zero-order chi connectivity index (χ0) is 16.9. The molecule has 1 fully saturated rings. The number of rotatable bonds is 4. The highest BCUT2D eigenvalue weighted by Gasteiger charge is 2.30. The molecule has 2 rings (SSSR count). The van der Waals surface area contributed by atoms with E-state index < -0.39 is 6.36 Å². The van der Waals surface area contributed by atoms with Gasteiger partial charge in [-0.05, 0) is 50.7 Å². The third kappa shape index (κ3) is 6.35. The molecule has 0 aliphatic carbocycles. The Kier molecular flexibility index (Phi) is 5.70. The minimum atomic E-state index is -4.70.